The van der Waals surface area contributed by atoms with Crippen molar-refractivity contribution in [2.45, 2.75) is 33.8 Å². The molecule has 4 heterocycles. The SMILES string of the molecule is Cc1noc(-c2c(NC(=O)c3c(C)noc3C)sc3c2CCOC3)n1. The molecule has 0 saturated heterocycles. The summed E-state index contributed by atoms with van der Waals surface area (Å²) >= 11 is 1.47. The van der Waals surface area contributed by atoms with Crippen LogP contribution in [-0.4, -0.2) is 27.8 Å². The molecule has 0 spiro atoms. The van der Waals surface area contributed by atoms with Gasteiger partial charge in [-0.05, 0) is 32.8 Å². The number of hydrogen-bond donors (Lipinski definition) is 1. The van der Waals surface area contributed by atoms with Crippen molar-refractivity contribution < 1.29 is 18.6 Å². The molecule has 0 aliphatic carbocycles. The number of anilines is 1. The molecule has 8 nitrogen and oxygen atoms in total. The maximum Gasteiger partial charge on any atom is 0.261 e. The highest BCUT2D eigenvalue weighted by Crippen LogP contribution is 2.42. The summed E-state index contributed by atoms with van der Waals surface area (Å²) in [6.07, 6.45) is 0.740. The van der Waals surface area contributed by atoms with Crippen LogP contribution in [0.25, 0.3) is 11.5 Å². The average Bonchev–Trinajstić information content (AvgIpc) is 3.24. The molecule has 3 aromatic heterocycles. The van der Waals surface area contributed by atoms with Gasteiger partial charge in [-0.3, -0.25) is 4.79 Å². The fourth-order valence-electron chi connectivity index (χ4n) is 2.92. The summed E-state index contributed by atoms with van der Waals surface area (Å²) in [6, 6.07) is 0. The number of nitrogens with zero attached hydrogens (tertiary/aromatic N) is 3. The van der Waals surface area contributed by atoms with Crippen molar-refractivity contribution in [3.63, 3.8) is 0 Å². The zero-order valence-electron chi connectivity index (χ0n) is 14.0. The minimum Gasteiger partial charge on any atom is -0.376 e. The van der Waals surface area contributed by atoms with E-state index >= 15 is 0 Å². The van der Waals surface area contributed by atoms with Crippen molar-refractivity contribution in [2.75, 3.05) is 11.9 Å². The Morgan fingerprint density at radius 2 is 2.04 bits per heavy atom. The van der Waals surface area contributed by atoms with Crippen molar-refractivity contribution in [3.05, 3.63) is 33.3 Å². The van der Waals surface area contributed by atoms with Crippen LogP contribution in [-0.2, 0) is 17.8 Å². The maximum absolute atomic E-state index is 12.7. The molecular weight excluding hydrogens is 344 g/mol. The molecular formula is C16H16N4O4S. The maximum atomic E-state index is 12.7. The Balaban J connectivity index is 1.77. The van der Waals surface area contributed by atoms with Gasteiger partial charge in [0.05, 0.1) is 24.5 Å². The number of fused-ring (bicyclic) bond motifs is 1. The summed E-state index contributed by atoms with van der Waals surface area (Å²) in [5.41, 5.74) is 2.86. The number of carbonyl (C=O) groups excluding carboxylic acids is 1. The van der Waals surface area contributed by atoms with E-state index in [1.807, 2.05) is 0 Å². The number of aromatic nitrogens is 3. The normalized spacial score (nSPS) is 13.7. The van der Waals surface area contributed by atoms with Crippen LogP contribution < -0.4 is 5.32 Å². The molecule has 0 fully saturated rings. The van der Waals surface area contributed by atoms with Crippen LogP contribution in [0.4, 0.5) is 5.00 Å². The van der Waals surface area contributed by atoms with E-state index in [0.29, 0.717) is 46.9 Å². The number of carbonyl (C=O) groups is 1. The van der Waals surface area contributed by atoms with Gasteiger partial charge in [-0.15, -0.1) is 11.3 Å². The highest BCUT2D eigenvalue weighted by atomic mass is 32.1. The van der Waals surface area contributed by atoms with Gasteiger partial charge < -0.3 is 19.1 Å². The molecule has 0 radical (unpaired) electrons. The molecule has 1 aliphatic rings. The summed E-state index contributed by atoms with van der Waals surface area (Å²) in [5.74, 6) is 1.17. The lowest BCUT2D eigenvalue weighted by Gasteiger charge is -2.12. The fraction of sp³-hybridized carbons (Fsp3) is 0.375. The Hall–Kier alpha value is -2.52. The Morgan fingerprint density at radius 1 is 1.20 bits per heavy atom. The molecule has 1 N–H and O–H groups in total. The van der Waals surface area contributed by atoms with E-state index in [1.165, 1.54) is 11.3 Å². The van der Waals surface area contributed by atoms with Crippen LogP contribution in [0.5, 0.6) is 0 Å². The Morgan fingerprint density at radius 3 is 2.72 bits per heavy atom. The van der Waals surface area contributed by atoms with Crippen LogP contribution in [0.3, 0.4) is 0 Å². The molecule has 4 rings (SSSR count). The third kappa shape index (κ3) is 2.75. The second-order valence-electron chi connectivity index (χ2n) is 5.81. The van der Waals surface area contributed by atoms with Gasteiger partial charge in [0.25, 0.3) is 11.8 Å². The Kier molecular flexibility index (Phi) is 3.89. The lowest BCUT2D eigenvalue weighted by Crippen LogP contribution is -2.13. The molecule has 9 heteroatoms. The zero-order chi connectivity index (χ0) is 17.6. The number of aryl methyl sites for hydroxylation is 3. The monoisotopic (exact) mass is 360 g/mol. The number of ether oxygens (including phenoxy) is 1. The molecule has 0 aromatic carbocycles. The van der Waals surface area contributed by atoms with Gasteiger partial charge in [-0.25, -0.2) is 0 Å². The predicted molar refractivity (Wildman–Crippen MR) is 89.6 cm³/mol. The van der Waals surface area contributed by atoms with Gasteiger partial charge in [-0.1, -0.05) is 10.3 Å². The molecule has 0 bridgehead atoms. The second-order valence-corrected chi connectivity index (χ2v) is 6.92. The first kappa shape index (κ1) is 16.0. The van der Waals surface area contributed by atoms with Crippen LogP contribution in [0.2, 0.25) is 0 Å². The van der Waals surface area contributed by atoms with Crippen molar-refractivity contribution >= 4 is 22.2 Å². The van der Waals surface area contributed by atoms with E-state index in [-0.39, 0.29) is 5.91 Å². The lowest BCUT2D eigenvalue weighted by molar-refractivity contribution is 0.102. The summed E-state index contributed by atoms with van der Waals surface area (Å²) < 4.78 is 16.0. The summed E-state index contributed by atoms with van der Waals surface area (Å²) in [6.45, 7) is 6.35. The van der Waals surface area contributed by atoms with Crippen LogP contribution in [0.15, 0.2) is 9.05 Å². The van der Waals surface area contributed by atoms with Gasteiger partial charge in [0.15, 0.2) is 5.82 Å². The van der Waals surface area contributed by atoms with E-state index in [0.717, 1.165) is 22.4 Å². The molecule has 25 heavy (non-hydrogen) atoms. The number of rotatable bonds is 3. The summed E-state index contributed by atoms with van der Waals surface area (Å²) in [7, 11) is 0. The molecule has 1 amide bonds. The van der Waals surface area contributed by atoms with E-state index in [4.69, 9.17) is 13.8 Å². The Labute approximate surface area is 147 Å². The van der Waals surface area contributed by atoms with Gasteiger partial charge >= 0.3 is 0 Å². The quantitative estimate of drug-likeness (QED) is 0.765. The van der Waals surface area contributed by atoms with Gasteiger partial charge in [0.2, 0.25) is 0 Å². The van der Waals surface area contributed by atoms with E-state index in [9.17, 15) is 4.79 Å². The number of nitrogens with one attached hydrogen (secondary N) is 1. The van der Waals surface area contributed by atoms with E-state index in [1.54, 1.807) is 20.8 Å². The molecule has 1 aliphatic heterocycles. The average molecular weight is 360 g/mol. The van der Waals surface area contributed by atoms with Gasteiger partial charge in [0.1, 0.15) is 16.3 Å². The third-order valence-electron chi connectivity index (χ3n) is 4.05. The van der Waals surface area contributed by atoms with Crippen LogP contribution >= 0.6 is 11.3 Å². The molecule has 3 aromatic rings. The fourth-order valence-corrected chi connectivity index (χ4v) is 4.09. The van der Waals surface area contributed by atoms with E-state index in [2.05, 4.69) is 20.6 Å². The van der Waals surface area contributed by atoms with Crippen molar-refractivity contribution in [3.8, 4) is 11.5 Å². The first-order valence-electron chi connectivity index (χ1n) is 7.81. The van der Waals surface area contributed by atoms with Gasteiger partial charge in [0, 0.05) is 4.88 Å². The standard InChI is InChI=1S/C16H16N4O4S/c1-7-12(8(2)23-19-7)14(21)18-16-13(15-17-9(3)20-24-15)10-4-5-22-6-11(10)25-16/h4-6H2,1-3H3,(H,18,21). The first-order valence-corrected chi connectivity index (χ1v) is 8.63. The summed E-state index contributed by atoms with van der Waals surface area (Å²) in [5, 5.41) is 11.3. The predicted octanol–water partition coefficient (Wildman–Crippen LogP) is 3.04. The van der Waals surface area contributed by atoms with Crippen molar-refractivity contribution in [2.24, 2.45) is 0 Å². The Bertz CT molecular complexity index is 936. The topological polar surface area (TPSA) is 103 Å². The molecule has 0 atom stereocenters. The number of amides is 1. The minimum absolute atomic E-state index is 0.270. The molecule has 0 unspecified atom stereocenters. The van der Waals surface area contributed by atoms with E-state index < -0.39 is 0 Å². The number of thiophene rings is 1. The van der Waals surface area contributed by atoms with Crippen LogP contribution in [0, 0.1) is 20.8 Å². The second kappa shape index (κ2) is 6.08. The van der Waals surface area contributed by atoms with Crippen molar-refractivity contribution in [1.82, 2.24) is 15.3 Å². The smallest absolute Gasteiger partial charge is 0.261 e. The zero-order valence-corrected chi connectivity index (χ0v) is 14.8. The highest BCUT2D eigenvalue weighted by molar-refractivity contribution is 7.17. The largest absolute Gasteiger partial charge is 0.376 e. The first-order chi connectivity index (χ1) is 12.0. The summed E-state index contributed by atoms with van der Waals surface area (Å²) in [4.78, 5) is 18.1. The van der Waals surface area contributed by atoms with Crippen molar-refractivity contribution in [1.29, 1.82) is 0 Å². The highest BCUT2D eigenvalue weighted by Gasteiger charge is 2.28. The minimum atomic E-state index is -0.270. The third-order valence-corrected chi connectivity index (χ3v) is 5.17. The molecule has 130 valence electrons. The van der Waals surface area contributed by atoms with Crippen LogP contribution in [0.1, 0.15) is 38.1 Å². The molecule has 0 saturated carbocycles. The van der Waals surface area contributed by atoms with Gasteiger partial charge in [-0.2, -0.15) is 4.98 Å². The lowest BCUT2D eigenvalue weighted by atomic mass is 10.1. The number of hydrogen-bond acceptors (Lipinski definition) is 8.